The molecule has 0 bridgehead atoms. The number of benzene rings is 3. The van der Waals surface area contributed by atoms with Gasteiger partial charge in [0.2, 0.25) is 0 Å². The highest BCUT2D eigenvalue weighted by molar-refractivity contribution is 7.88. The first-order valence-corrected chi connectivity index (χ1v) is 10.6. The Bertz CT molecular complexity index is 820. The molecule has 0 aliphatic rings. The summed E-state index contributed by atoms with van der Waals surface area (Å²) in [7, 11) is -1.08. The largest absolute Gasteiger partial charge is 0.288 e. The summed E-state index contributed by atoms with van der Waals surface area (Å²) < 4.78 is 0. The second-order valence-corrected chi connectivity index (χ2v) is 8.59. The van der Waals surface area contributed by atoms with Gasteiger partial charge in [-0.25, -0.2) is 0 Å². The van der Waals surface area contributed by atoms with Crippen molar-refractivity contribution < 1.29 is 4.79 Å². The van der Waals surface area contributed by atoms with E-state index in [4.69, 9.17) is 0 Å². The molecule has 0 N–H and O–H groups in total. The first-order valence-electron chi connectivity index (χ1n) is 9.22. The minimum atomic E-state index is -1.08. The Labute approximate surface area is 157 Å². The summed E-state index contributed by atoms with van der Waals surface area (Å²) in [6.45, 7) is 6.39. The van der Waals surface area contributed by atoms with E-state index in [9.17, 15) is 4.79 Å². The summed E-state index contributed by atoms with van der Waals surface area (Å²) in [6, 6.07) is 24.8. The third-order valence-electron chi connectivity index (χ3n) is 4.65. The third-order valence-corrected chi connectivity index (χ3v) is 6.91. The van der Waals surface area contributed by atoms with Crippen LogP contribution in [-0.4, -0.2) is 5.52 Å². The molecule has 0 saturated heterocycles. The highest BCUT2D eigenvalue weighted by atomic mass is 31.1. The molecular weight excluding hydrogens is 335 g/mol. The maximum Gasteiger partial charge on any atom is 0.193 e. The van der Waals surface area contributed by atoms with Crippen LogP contribution in [0, 0.1) is 6.92 Å². The average Bonchev–Trinajstić information content (AvgIpc) is 2.68. The molecule has 3 rings (SSSR count). The molecule has 0 radical (unpaired) electrons. The van der Waals surface area contributed by atoms with Crippen molar-refractivity contribution in [2.24, 2.45) is 0 Å². The van der Waals surface area contributed by atoms with Crippen molar-refractivity contribution >= 4 is 24.1 Å². The standard InChI is InChI=1S/C24H25OP/c1-4-19-16-18(3)17-20(5-2)23(19)24(25)26(21-12-8-6-9-13-21)22-14-10-7-11-15-22/h6-17H,4-5H2,1-3H3. The van der Waals surface area contributed by atoms with Crippen molar-refractivity contribution in [2.75, 3.05) is 0 Å². The molecule has 0 unspecified atom stereocenters. The Hall–Kier alpha value is -2.24. The lowest BCUT2D eigenvalue weighted by molar-refractivity contribution is 0.108. The highest BCUT2D eigenvalue weighted by Crippen LogP contribution is 2.40. The molecular formula is C24H25OP. The van der Waals surface area contributed by atoms with Crippen molar-refractivity contribution in [1.29, 1.82) is 0 Å². The lowest BCUT2D eigenvalue weighted by Crippen LogP contribution is -2.20. The van der Waals surface area contributed by atoms with Gasteiger partial charge in [0.25, 0.3) is 0 Å². The van der Waals surface area contributed by atoms with Crippen LogP contribution in [0.1, 0.15) is 40.9 Å². The molecule has 0 aliphatic carbocycles. The molecule has 132 valence electrons. The maximum absolute atomic E-state index is 13.8. The smallest absolute Gasteiger partial charge is 0.193 e. The number of rotatable bonds is 6. The Kier molecular flexibility index (Phi) is 6.01. The van der Waals surface area contributed by atoms with Gasteiger partial charge in [0.05, 0.1) is 0 Å². The lowest BCUT2D eigenvalue weighted by Gasteiger charge is -2.21. The van der Waals surface area contributed by atoms with Crippen molar-refractivity contribution in [3.63, 3.8) is 0 Å². The predicted octanol–water partition coefficient (Wildman–Crippen LogP) is 5.39. The summed E-state index contributed by atoms with van der Waals surface area (Å²) in [4.78, 5) is 13.8. The van der Waals surface area contributed by atoms with E-state index in [-0.39, 0.29) is 5.52 Å². The number of hydrogen-bond acceptors (Lipinski definition) is 1. The zero-order chi connectivity index (χ0) is 18.5. The molecule has 0 saturated carbocycles. The van der Waals surface area contributed by atoms with E-state index in [1.54, 1.807) is 0 Å². The fraction of sp³-hybridized carbons (Fsp3) is 0.208. The van der Waals surface area contributed by atoms with Gasteiger partial charge in [-0.3, -0.25) is 4.79 Å². The maximum atomic E-state index is 13.8. The van der Waals surface area contributed by atoms with Crippen molar-refractivity contribution in [3.05, 3.63) is 95.1 Å². The molecule has 0 aliphatic heterocycles. The zero-order valence-electron chi connectivity index (χ0n) is 15.7. The molecule has 0 spiro atoms. The van der Waals surface area contributed by atoms with Crippen LogP contribution in [0.15, 0.2) is 72.8 Å². The van der Waals surface area contributed by atoms with E-state index < -0.39 is 7.92 Å². The van der Waals surface area contributed by atoms with Crippen LogP contribution in [0.2, 0.25) is 0 Å². The molecule has 0 aromatic heterocycles. The van der Waals surface area contributed by atoms with E-state index in [0.29, 0.717) is 0 Å². The van der Waals surface area contributed by atoms with E-state index in [1.165, 1.54) is 16.7 Å². The van der Waals surface area contributed by atoms with Crippen LogP contribution in [0.5, 0.6) is 0 Å². The van der Waals surface area contributed by atoms with Gasteiger partial charge in [0, 0.05) is 13.5 Å². The Morgan fingerprint density at radius 1 is 0.769 bits per heavy atom. The van der Waals surface area contributed by atoms with Crippen LogP contribution >= 0.6 is 7.92 Å². The molecule has 0 fully saturated rings. The first-order chi connectivity index (χ1) is 12.7. The minimum absolute atomic E-state index is 0.270. The Morgan fingerprint density at radius 3 is 1.58 bits per heavy atom. The van der Waals surface area contributed by atoms with Crippen LogP contribution in [0.25, 0.3) is 0 Å². The van der Waals surface area contributed by atoms with Crippen LogP contribution < -0.4 is 10.6 Å². The molecule has 26 heavy (non-hydrogen) atoms. The van der Waals surface area contributed by atoms with Gasteiger partial charge < -0.3 is 0 Å². The van der Waals surface area contributed by atoms with Gasteiger partial charge in [-0.05, 0) is 41.5 Å². The van der Waals surface area contributed by atoms with Gasteiger partial charge in [-0.2, -0.15) is 0 Å². The van der Waals surface area contributed by atoms with Gasteiger partial charge in [-0.15, -0.1) is 0 Å². The normalized spacial score (nSPS) is 10.9. The highest BCUT2D eigenvalue weighted by Gasteiger charge is 2.27. The van der Waals surface area contributed by atoms with Crippen molar-refractivity contribution in [1.82, 2.24) is 0 Å². The molecule has 0 heterocycles. The van der Waals surface area contributed by atoms with Gasteiger partial charge in [-0.1, -0.05) is 92.2 Å². The number of carbonyl (C=O) groups excluding carboxylic acids is 1. The lowest BCUT2D eigenvalue weighted by atomic mass is 9.96. The number of carbonyl (C=O) groups is 1. The summed E-state index contributed by atoms with van der Waals surface area (Å²) in [6.07, 6.45) is 1.75. The minimum Gasteiger partial charge on any atom is -0.288 e. The van der Waals surface area contributed by atoms with Crippen LogP contribution in [0.3, 0.4) is 0 Å². The van der Waals surface area contributed by atoms with Gasteiger partial charge in [0.1, 0.15) is 0 Å². The average molecular weight is 360 g/mol. The quantitative estimate of drug-likeness (QED) is 0.539. The number of aryl methyl sites for hydroxylation is 3. The number of hydrogen-bond donors (Lipinski definition) is 0. The molecule has 1 nitrogen and oxygen atoms in total. The first kappa shape index (κ1) is 18.5. The topological polar surface area (TPSA) is 17.1 Å². The molecule has 3 aromatic rings. The second kappa shape index (κ2) is 8.43. The van der Waals surface area contributed by atoms with E-state index in [2.05, 4.69) is 57.2 Å². The summed E-state index contributed by atoms with van der Waals surface area (Å²) >= 11 is 0. The fourth-order valence-electron chi connectivity index (χ4n) is 3.42. The van der Waals surface area contributed by atoms with Crippen LogP contribution in [-0.2, 0) is 12.8 Å². The summed E-state index contributed by atoms with van der Waals surface area (Å²) in [5.74, 6) is 0. The van der Waals surface area contributed by atoms with Crippen LogP contribution in [0.4, 0.5) is 0 Å². The van der Waals surface area contributed by atoms with E-state index in [0.717, 1.165) is 29.0 Å². The summed E-state index contributed by atoms with van der Waals surface area (Å²) in [5.41, 5.74) is 4.79. The predicted molar refractivity (Wildman–Crippen MR) is 113 cm³/mol. The van der Waals surface area contributed by atoms with E-state index in [1.807, 2.05) is 36.4 Å². The Balaban J connectivity index is 2.19. The molecule has 0 amide bonds. The summed E-state index contributed by atoms with van der Waals surface area (Å²) in [5, 5.41) is 2.23. The third kappa shape index (κ3) is 3.79. The molecule has 3 aromatic carbocycles. The molecule has 2 heteroatoms. The zero-order valence-corrected chi connectivity index (χ0v) is 16.6. The van der Waals surface area contributed by atoms with E-state index >= 15 is 0 Å². The van der Waals surface area contributed by atoms with Gasteiger partial charge >= 0.3 is 0 Å². The SMILES string of the molecule is CCc1cc(C)cc(CC)c1C(=O)P(c1ccccc1)c1ccccc1. The van der Waals surface area contributed by atoms with Crippen molar-refractivity contribution in [2.45, 2.75) is 33.6 Å². The molecule has 0 atom stereocenters. The second-order valence-electron chi connectivity index (χ2n) is 6.48. The Morgan fingerprint density at radius 2 is 1.19 bits per heavy atom. The van der Waals surface area contributed by atoms with Crippen molar-refractivity contribution in [3.8, 4) is 0 Å². The monoisotopic (exact) mass is 360 g/mol. The fourth-order valence-corrected chi connectivity index (χ4v) is 5.64. The van der Waals surface area contributed by atoms with Gasteiger partial charge in [0.15, 0.2) is 5.52 Å².